The van der Waals surface area contributed by atoms with E-state index in [9.17, 15) is 5.26 Å². The van der Waals surface area contributed by atoms with E-state index in [1.54, 1.807) is 0 Å². The molecular formula is C19H19N5S. The molecule has 0 unspecified atom stereocenters. The van der Waals surface area contributed by atoms with Crippen LogP contribution in [0.2, 0.25) is 0 Å². The highest BCUT2D eigenvalue weighted by Crippen LogP contribution is 2.38. The van der Waals surface area contributed by atoms with Crippen molar-refractivity contribution in [1.29, 1.82) is 5.26 Å². The highest BCUT2D eigenvalue weighted by Gasteiger charge is 2.28. The zero-order chi connectivity index (χ0) is 16.8. The van der Waals surface area contributed by atoms with Crippen molar-refractivity contribution in [3.05, 3.63) is 41.0 Å². The Labute approximate surface area is 150 Å². The van der Waals surface area contributed by atoms with E-state index < -0.39 is 0 Å². The molecule has 0 spiro atoms. The van der Waals surface area contributed by atoms with Crippen LogP contribution < -0.4 is 10.2 Å². The molecule has 0 bridgehead atoms. The van der Waals surface area contributed by atoms with Crippen LogP contribution in [0.1, 0.15) is 16.7 Å². The molecule has 0 aliphatic carbocycles. The predicted octanol–water partition coefficient (Wildman–Crippen LogP) is 2.56. The number of hydrogen-bond acceptors (Lipinski definition) is 5. The molecule has 0 amide bonds. The molecule has 1 aromatic carbocycles. The summed E-state index contributed by atoms with van der Waals surface area (Å²) >= 11 is 1.97. The summed E-state index contributed by atoms with van der Waals surface area (Å²) in [6.07, 6.45) is 0.960. The van der Waals surface area contributed by atoms with Gasteiger partial charge in [-0.15, -0.1) is 0 Å². The number of pyridine rings is 1. The Bertz CT molecular complexity index is 1010. The molecule has 25 heavy (non-hydrogen) atoms. The largest absolute Gasteiger partial charge is 0.355 e. The van der Waals surface area contributed by atoms with E-state index in [4.69, 9.17) is 4.98 Å². The second-order valence-electron chi connectivity index (χ2n) is 6.57. The molecule has 3 aromatic rings. The average Bonchev–Trinajstić information content (AvgIpc) is 3.05. The first-order valence-corrected chi connectivity index (χ1v) is 9.92. The van der Waals surface area contributed by atoms with E-state index in [0.717, 1.165) is 66.3 Å². The van der Waals surface area contributed by atoms with Gasteiger partial charge >= 0.3 is 0 Å². The fourth-order valence-electron chi connectivity index (χ4n) is 4.07. The number of thioether (sulfide) groups is 1. The molecule has 5 rings (SSSR count). The van der Waals surface area contributed by atoms with Gasteiger partial charge in [-0.2, -0.15) is 17.0 Å². The van der Waals surface area contributed by atoms with Crippen LogP contribution in [0.3, 0.4) is 0 Å². The van der Waals surface area contributed by atoms with Crippen LogP contribution in [-0.4, -0.2) is 41.3 Å². The lowest BCUT2D eigenvalue weighted by atomic mass is 10.0. The Hall–Kier alpha value is -2.23. The highest BCUT2D eigenvalue weighted by atomic mass is 32.2. The molecule has 2 aromatic heterocycles. The molecule has 1 fully saturated rings. The molecule has 1 saturated heterocycles. The summed E-state index contributed by atoms with van der Waals surface area (Å²) in [4.78, 5) is 7.32. The Morgan fingerprint density at radius 2 is 2.00 bits per heavy atom. The van der Waals surface area contributed by atoms with Crippen LogP contribution in [-0.2, 0) is 12.2 Å². The number of imidazole rings is 1. The van der Waals surface area contributed by atoms with Gasteiger partial charge in [-0.25, -0.2) is 4.98 Å². The number of fused-ring (bicyclic) bond motifs is 4. The van der Waals surface area contributed by atoms with E-state index in [-0.39, 0.29) is 0 Å². The van der Waals surface area contributed by atoms with Crippen LogP contribution >= 0.6 is 11.8 Å². The summed E-state index contributed by atoms with van der Waals surface area (Å²) in [5.41, 5.74) is 6.21. The maximum atomic E-state index is 9.88. The molecule has 0 radical (unpaired) electrons. The normalized spacial score (nSPS) is 17.6. The number of hydrogen-bond donors (Lipinski definition) is 1. The van der Waals surface area contributed by atoms with Crippen LogP contribution in [0.4, 0.5) is 5.82 Å². The third-order valence-electron chi connectivity index (χ3n) is 5.20. The zero-order valence-corrected chi connectivity index (χ0v) is 14.8. The smallest absolute Gasteiger partial charge is 0.157 e. The summed E-state index contributed by atoms with van der Waals surface area (Å²) < 4.78 is 2.24. The van der Waals surface area contributed by atoms with Gasteiger partial charge in [0.2, 0.25) is 0 Å². The summed E-state index contributed by atoms with van der Waals surface area (Å²) in [6, 6.07) is 10.7. The topological polar surface area (TPSA) is 56.4 Å². The Morgan fingerprint density at radius 3 is 2.84 bits per heavy atom. The number of nitriles is 1. The van der Waals surface area contributed by atoms with Crippen molar-refractivity contribution in [2.75, 3.05) is 36.8 Å². The van der Waals surface area contributed by atoms with Crippen molar-refractivity contribution < 1.29 is 0 Å². The quantitative estimate of drug-likeness (QED) is 0.732. The number of piperazine rings is 1. The molecule has 0 saturated carbocycles. The lowest BCUT2D eigenvalue weighted by Gasteiger charge is -2.34. The summed E-state index contributed by atoms with van der Waals surface area (Å²) in [5, 5.41) is 13.3. The molecule has 2 aliphatic heterocycles. The minimum Gasteiger partial charge on any atom is -0.355 e. The predicted molar refractivity (Wildman–Crippen MR) is 102 cm³/mol. The third kappa shape index (κ3) is 2.23. The lowest BCUT2D eigenvalue weighted by molar-refractivity contribution is 0.582. The average molecular weight is 349 g/mol. The Morgan fingerprint density at radius 1 is 1.16 bits per heavy atom. The minimum atomic E-state index is 0.769. The Balaban J connectivity index is 1.93. The monoisotopic (exact) mass is 349 g/mol. The molecule has 6 heteroatoms. The van der Waals surface area contributed by atoms with Crippen molar-refractivity contribution in [3.63, 3.8) is 0 Å². The van der Waals surface area contributed by atoms with Gasteiger partial charge in [-0.1, -0.05) is 12.1 Å². The molecule has 1 N–H and O–H groups in total. The van der Waals surface area contributed by atoms with Gasteiger partial charge < -0.3 is 10.2 Å². The van der Waals surface area contributed by atoms with Gasteiger partial charge in [-0.05, 0) is 29.9 Å². The second-order valence-corrected chi connectivity index (χ2v) is 7.67. The fourth-order valence-corrected chi connectivity index (χ4v) is 5.07. The minimum absolute atomic E-state index is 0.769. The molecule has 126 valence electrons. The second kappa shape index (κ2) is 5.94. The van der Waals surface area contributed by atoms with E-state index in [0.29, 0.717) is 0 Å². The van der Waals surface area contributed by atoms with Crippen molar-refractivity contribution in [2.45, 2.75) is 12.2 Å². The third-order valence-corrected chi connectivity index (χ3v) is 6.19. The van der Waals surface area contributed by atoms with Crippen molar-refractivity contribution in [3.8, 4) is 6.07 Å². The zero-order valence-electron chi connectivity index (χ0n) is 14.0. The summed E-state index contributed by atoms with van der Waals surface area (Å²) in [5.74, 6) is 3.32. The van der Waals surface area contributed by atoms with Crippen molar-refractivity contribution >= 4 is 34.3 Å². The first-order chi connectivity index (χ1) is 12.4. The molecule has 0 atom stereocenters. The van der Waals surface area contributed by atoms with Crippen molar-refractivity contribution in [2.24, 2.45) is 0 Å². The molecular weight excluding hydrogens is 330 g/mol. The standard InChI is InChI=1S/C19H19N5S/c20-11-14-13-5-10-25-12-15(13)19(23-8-6-21-7-9-23)24-17-4-2-1-3-16(17)22-18(14)24/h1-4,21H,5-10,12H2. The van der Waals surface area contributed by atoms with E-state index >= 15 is 0 Å². The number of para-hydroxylation sites is 2. The lowest BCUT2D eigenvalue weighted by Crippen LogP contribution is -2.45. The fraction of sp³-hybridized carbons (Fsp3) is 0.368. The number of nitrogens with one attached hydrogen (secondary N) is 1. The molecule has 2 aliphatic rings. The molecule has 4 heterocycles. The SMILES string of the molecule is N#Cc1c2c(c(N3CCNCC3)n3c1nc1ccccc13)CSCC2. The van der Waals surface area contributed by atoms with Gasteiger partial charge in [-0.3, -0.25) is 4.40 Å². The van der Waals surface area contributed by atoms with Crippen LogP contribution in [0.25, 0.3) is 16.7 Å². The van der Waals surface area contributed by atoms with Crippen LogP contribution in [0, 0.1) is 11.3 Å². The highest BCUT2D eigenvalue weighted by molar-refractivity contribution is 7.98. The number of anilines is 1. The first-order valence-electron chi connectivity index (χ1n) is 8.77. The van der Waals surface area contributed by atoms with E-state index in [1.165, 1.54) is 16.9 Å². The molecule has 5 nitrogen and oxygen atoms in total. The Kier molecular flexibility index (Phi) is 3.58. The maximum Gasteiger partial charge on any atom is 0.157 e. The summed E-state index contributed by atoms with van der Waals surface area (Å²) in [6.45, 7) is 3.97. The maximum absolute atomic E-state index is 9.88. The van der Waals surface area contributed by atoms with Gasteiger partial charge in [0, 0.05) is 37.5 Å². The number of aromatic nitrogens is 2. The summed E-state index contributed by atoms with van der Waals surface area (Å²) in [7, 11) is 0. The van der Waals surface area contributed by atoms with Gasteiger partial charge in [0.05, 0.1) is 16.6 Å². The number of nitrogens with zero attached hydrogens (tertiary/aromatic N) is 4. The van der Waals surface area contributed by atoms with Crippen LogP contribution in [0.15, 0.2) is 24.3 Å². The van der Waals surface area contributed by atoms with Gasteiger partial charge in [0.1, 0.15) is 11.9 Å². The van der Waals surface area contributed by atoms with E-state index in [1.807, 2.05) is 23.9 Å². The van der Waals surface area contributed by atoms with Crippen molar-refractivity contribution in [1.82, 2.24) is 14.7 Å². The van der Waals surface area contributed by atoms with Crippen LogP contribution in [0.5, 0.6) is 0 Å². The van der Waals surface area contributed by atoms with Gasteiger partial charge in [0.25, 0.3) is 0 Å². The van der Waals surface area contributed by atoms with E-state index in [2.05, 4.69) is 32.8 Å². The number of benzene rings is 1. The number of rotatable bonds is 1. The van der Waals surface area contributed by atoms with Gasteiger partial charge in [0.15, 0.2) is 5.65 Å². The first kappa shape index (κ1) is 15.1.